The maximum atomic E-state index is 12.2. The van der Waals surface area contributed by atoms with E-state index in [2.05, 4.69) is 5.32 Å². The Kier molecular flexibility index (Phi) is 4.85. The molecule has 22 heavy (non-hydrogen) atoms. The number of primary amides is 1. The highest BCUT2D eigenvalue weighted by molar-refractivity contribution is 7.80. The molecule has 5 N–H and O–H groups in total. The summed E-state index contributed by atoms with van der Waals surface area (Å²) in [5.74, 6) is -0.764. The summed E-state index contributed by atoms with van der Waals surface area (Å²) >= 11 is 4.86. The van der Waals surface area contributed by atoms with Gasteiger partial charge < -0.3 is 16.8 Å². The van der Waals surface area contributed by atoms with Crippen molar-refractivity contribution < 1.29 is 9.59 Å². The van der Waals surface area contributed by atoms with Gasteiger partial charge in [-0.2, -0.15) is 0 Å². The molecule has 0 saturated heterocycles. The molecular weight excluding hydrogens is 298 g/mol. The summed E-state index contributed by atoms with van der Waals surface area (Å²) in [5.41, 5.74) is 13.0. The van der Waals surface area contributed by atoms with E-state index in [1.54, 1.807) is 42.5 Å². The molecule has 6 heteroatoms. The Bertz CT molecular complexity index is 726. The zero-order valence-electron chi connectivity index (χ0n) is 11.7. The first-order chi connectivity index (χ1) is 10.5. The van der Waals surface area contributed by atoms with Gasteiger partial charge in [-0.05, 0) is 42.0 Å². The van der Waals surface area contributed by atoms with E-state index < -0.39 is 5.91 Å². The number of nitrogens with two attached hydrogens (primary N) is 2. The van der Waals surface area contributed by atoms with E-state index in [0.717, 1.165) is 5.56 Å². The van der Waals surface area contributed by atoms with Gasteiger partial charge in [-0.25, -0.2) is 0 Å². The molecule has 0 fully saturated rings. The second-order valence-corrected chi connectivity index (χ2v) is 5.26. The van der Waals surface area contributed by atoms with E-state index in [1.165, 1.54) is 0 Å². The molecule has 0 spiro atoms. The second kappa shape index (κ2) is 6.82. The highest BCUT2D eigenvalue weighted by Crippen LogP contribution is 2.12. The van der Waals surface area contributed by atoms with Crippen LogP contribution in [0.1, 0.15) is 26.3 Å². The Hall–Kier alpha value is -2.73. The lowest BCUT2D eigenvalue weighted by Crippen LogP contribution is -2.15. The first kappa shape index (κ1) is 15.7. The van der Waals surface area contributed by atoms with Crippen LogP contribution in [0.15, 0.2) is 48.5 Å². The molecule has 2 rings (SSSR count). The summed E-state index contributed by atoms with van der Waals surface area (Å²) in [6.45, 7) is 0. The summed E-state index contributed by atoms with van der Waals surface area (Å²) < 4.78 is 0. The topological polar surface area (TPSA) is 98.2 Å². The van der Waals surface area contributed by atoms with Crippen molar-refractivity contribution in [3.63, 3.8) is 0 Å². The average molecular weight is 313 g/mol. The third-order valence-electron chi connectivity index (χ3n) is 2.99. The van der Waals surface area contributed by atoms with Crippen molar-refractivity contribution in [2.24, 2.45) is 11.5 Å². The predicted molar refractivity (Wildman–Crippen MR) is 89.8 cm³/mol. The fourth-order valence-electron chi connectivity index (χ4n) is 1.94. The molecule has 0 saturated carbocycles. The molecule has 0 radical (unpaired) electrons. The molecule has 5 nitrogen and oxygen atoms in total. The zero-order valence-corrected chi connectivity index (χ0v) is 12.5. The van der Waals surface area contributed by atoms with Crippen LogP contribution in [0.5, 0.6) is 0 Å². The van der Waals surface area contributed by atoms with Gasteiger partial charge in [-0.15, -0.1) is 0 Å². The lowest BCUT2D eigenvalue weighted by atomic mass is 10.1. The van der Waals surface area contributed by atoms with Gasteiger partial charge in [-0.1, -0.05) is 24.4 Å². The lowest BCUT2D eigenvalue weighted by molar-refractivity contribution is 0.0998. The summed E-state index contributed by atoms with van der Waals surface area (Å²) in [5, 5.41) is 2.75. The quantitative estimate of drug-likeness (QED) is 0.734. The lowest BCUT2D eigenvalue weighted by Gasteiger charge is -2.07. The van der Waals surface area contributed by atoms with Crippen molar-refractivity contribution in [1.82, 2.24) is 0 Å². The molecule has 112 valence electrons. The van der Waals surface area contributed by atoms with Crippen LogP contribution in [0.4, 0.5) is 5.69 Å². The second-order valence-electron chi connectivity index (χ2n) is 4.74. The van der Waals surface area contributed by atoms with Crippen LogP contribution in [0.25, 0.3) is 0 Å². The number of carbonyl (C=O) groups excluding carboxylic acids is 2. The van der Waals surface area contributed by atoms with Gasteiger partial charge in [0.2, 0.25) is 5.91 Å². The fraction of sp³-hybridized carbons (Fsp3) is 0.0625. The Balaban J connectivity index is 2.11. The molecule has 0 aromatic heterocycles. The molecule has 0 aliphatic rings. The predicted octanol–water partition coefficient (Wildman–Crippen LogP) is 1.87. The molecule has 0 bridgehead atoms. The van der Waals surface area contributed by atoms with Gasteiger partial charge in [0.15, 0.2) is 0 Å². The number of nitrogens with one attached hydrogen (secondary N) is 1. The summed E-state index contributed by atoms with van der Waals surface area (Å²) in [7, 11) is 0. The van der Waals surface area contributed by atoms with Crippen LogP contribution < -0.4 is 16.8 Å². The van der Waals surface area contributed by atoms with Gasteiger partial charge in [-0.3, -0.25) is 9.59 Å². The molecule has 2 aromatic rings. The Morgan fingerprint density at radius 1 is 1.00 bits per heavy atom. The molecule has 0 heterocycles. The number of hydrogen-bond donors (Lipinski definition) is 3. The highest BCUT2D eigenvalue weighted by atomic mass is 32.1. The average Bonchev–Trinajstić information content (AvgIpc) is 2.47. The van der Waals surface area contributed by atoms with Crippen LogP contribution in [0, 0.1) is 0 Å². The standard InChI is InChI=1S/C16H15N3O2S/c17-14(22)9-10-2-1-3-12(8-10)16(21)19-13-6-4-11(5-7-13)15(18)20/h1-8H,9H2,(H2,17,22)(H2,18,20)(H,19,21). The van der Waals surface area contributed by atoms with Crippen molar-refractivity contribution in [2.75, 3.05) is 5.32 Å². The van der Waals surface area contributed by atoms with Crippen molar-refractivity contribution in [3.8, 4) is 0 Å². The number of benzene rings is 2. The minimum Gasteiger partial charge on any atom is -0.393 e. The van der Waals surface area contributed by atoms with Gasteiger partial charge >= 0.3 is 0 Å². The first-order valence-corrected chi connectivity index (χ1v) is 6.95. The largest absolute Gasteiger partial charge is 0.393 e. The molecule has 0 aliphatic heterocycles. The van der Waals surface area contributed by atoms with Crippen molar-refractivity contribution in [3.05, 3.63) is 65.2 Å². The Labute approximate surface area is 133 Å². The molecule has 0 unspecified atom stereocenters. The molecular formula is C16H15N3O2S. The van der Waals surface area contributed by atoms with E-state index in [0.29, 0.717) is 28.2 Å². The zero-order chi connectivity index (χ0) is 16.1. The SMILES string of the molecule is NC(=O)c1ccc(NC(=O)c2cccc(CC(N)=S)c2)cc1. The van der Waals surface area contributed by atoms with Crippen molar-refractivity contribution in [2.45, 2.75) is 6.42 Å². The van der Waals surface area contributed by atoms with Gasteiger partial charge in [0.25, 0.3) is 5.91 Å². The van der Waals surface area contributed by atoms with Crippen molar-refractivity contribution >= 4 is 34.7 Å². The number of anilines is 1. The Morgan fingerprint density at radius 3 is 2.27 bits per heavy atom. The smallest absolute Gasteiger partial charge is 0.255 e. The molecule has 0 aliphatic carbocycles. The third kappa shape index (κ3) is 4.13. The number of amides is 2. The van der Waals surface area contributed by atoms with Crippen LogP contribution in [0.3, 0.4) is 0 Å². The number of carbonyl (C=O) groups is 2. The monoisotopic (exact) mass is 313 g/mol. The normalized spacial score (nSPS) is 10.0. The van der Waals surface area contributed by atoms with E-state index in [9.17, 15) is 9.59 Å². The van der Waals surface area contributed by atoms with Gasteiger partial charge in [0.05, 0.1) is 4.99 Å². The van der Waals surface area contributed by atoms with Crippen LogP contribution in [-0.2, 0) is 6.42 Å². The maximum Gasteiger partial charge on any atom is 0.255 e. The molecule has 2 amide bonds. The highest BCUT2D eigenvalue weighted by Gasteiger charge is 2.08. The first-order valence-electron chi connectivity index (χ1n) is 6.54. The van der Waals surface area contributed by atoms with E-state index in [1.807, 2.05) is 6.07 Å². The molecule has 2 aromatic carbocycles. The Morgan fingerprint density at radius 2 is 1.68 bits per heavy atom. The van der Waals surface area contributed by atoms with Gasteiger partial charge in [0.1, 0.15) is 0 Å². The van der Waals surface area contributed by atoms with E-state index >= 15 is 0 Å². The summed E-state index contributed by atoms with van der Waals surface area (Å²) in [6, 6.07) is 13.4. The van der Waals surface area contributed by atoms with E-state index in [-0.39, 0.29) is 5.91 Å². The number of hydrogen-bond acceptors (Lipinski definition) is 3. The van der Waals surface area contributed by atoms with Crippen LogP contribution >= 0.6 is 12.2 Å². The summed E-state index contributed by atoms with van der Waals surface area (Å²) in [6.07, 6.45) is 0.448. The van der Waals surface area contributed by atoms with E-state index in [4.69, 9.17) is 23.7 Å². The number of thiocarbonyl (C=S) groups is 1. The van der Waals surface area contributed by atoms with Crippen LogP contribution in [0.2, 0.25) is 0 Å². The minimum atomic E-state index is -0.511. The minimum absolute atomic E-state index is 0.253. The number of rotatable bonds is 5. The van der Waals surface area contributed by atoms with Crippen LogP contribution in [-0.4, -0.2) is 16.8 Å². The third-order valence-corrected chi connectivity index (χ3v) is 3.14. The van der Waals surface area contributed by atoms with Crippen molar-refractivity contribution in [1.29, 1.82) is 0 Å². The molecule has 0 atom stereocenters. The maximum absolute atomic E-state index is 12.2. The summed E-state index contributed by atoms with van der Waals surface area (Å²) in [4.78, 5) is 23.6. The fourth-order valence-corrected chi connectivity index (χ4v) is 2.11. The van der Waals surface area contributed by atoms with Gasteiger partial charge in [0, 0.05) is 23.2 Å².